The van der Waals surface area contributed by atoms with Crippen LogP contribution in [-0.4, -0.2) is 28.4 Å². The van der Waals surface area contributed by atoms with Gasteiger partial charge in [-0.1, -0.05) is 13.8 Å². The molecule has 1 unspecified atom stereocenters. The highest BCUT2D eigenvalue weighted by molar-refractivity contribution is 6.17. The topological polar surface area (TPSA) is 29.0 Å². The lowest BCUT2D eigenvalue weighted by molar-refractivity contribution is 0.597. The Bertz CT molecular complexity index is 381. The number of hydrogen-bond acceptors (Lipinski definition) is 3. The smallest absolute Gasteiger partial charge is 0.132 e. The van der Waals surface area contributed by atoms with Crippen molar-refractivity contribution in [2.45, 2.75) is 51.5 Å². The van der Waals surface area contributed by atoms with Gasteiger partial charge in [-0.3, -0.25) is 0 Å². The zero-order chi connectivity index (χ0) is 13.0. The van der Waals surface area contributed by atoms with Crippen LogP contribution in [0.5, 0.6) is 0 Å². The molecule has 0 spiro atoms. The maximum absolute atomic E-state index is 5.80. The van der Waals surface area contributed by atoms with Crippen LogP contribution in [0.25, 0.3) is 0 Å². The summed E-state index contributed by atoms with van der Waals surface area (Å²) in [6, 6.07) is 2.75. The molecule has 1 fully saturated rings. The molecule has 0 saturated carbocycles. The van der Waals surface area contributed by atoms with E-state index in [1.54, 1.807) is 6.33 Å². The Morgan fingerprint density at radius 2 is 2.28 bits per heavy atom. The first-order valence-corrected chi connectivity index (χ1v) is 7.40. The summed E-state index contributed by atoms with van der Waals surface area (Å²) in [5.74, 6) is 2.30. The van der Waals surface area contributed by atoms with E-state index >= 15 is 0 Å². The molecule has 0 radical (unpaired) electrons. The predicted octanol–water partition coefficient (Wildman–Crippen LogP) is 3.59. The quantitative estimate of drug-likeness (QED) is 0.764. The van der Waals surface area contributed by atoms with Gasteiger partial charge in [0.2, 0.25) is 0 Å². The van der Waals surface area contributed by atoms with E-state index in [0.717, 1.165) is 30.4 Å². The molecule has 2 heterocycles. The van der Waals surface area contributed by atoms with E-state index in [1.165, 1.54) is 19.3 Å². The van der Waals surface area contributed by atoms with Gasteiger partial charge in [-0.05, 0) is 31.6 Å². The van der Waals surface area contributed by atoms with Crippen molar-refractivity contribution < 1.29 is 0 Å². The summed E-state index contributed by atoms with van der Waals surface area (Å²) in [6.07, 6.45) is 6.48. The normalized spacial score (nSPS) is 19.8. The average Bonchev–Trinajstić information content (AvgIpc) is 2.84. The Labute approximate surface area is 115 Å². The highest BCUT2D eigenvalue weighted by atomic mass is 35.5. The first-order valence-electron chi connectivity index (χ1n) is 6.87. The molecular formula is C14H22ClN3. The summed E-state index contributed by atoms with van der Waals surface area (Å²) in [5.41, 5.74) is 1.13. The van der Waals surface area contributed by atoms with Crippen molar-refractivity contribution in [1.29, 1.82) is 0 Å². The molecule has 1 atom stereocenters. The fourth-order valence-corrected chi connectivity index (χ4v) is 2.74. The average molecular weight is 268 g/mol. The van der Waals surface area contributed by atoms with E-state index in [9.17, 15) is 0 Å². The van der Waals surface area contributed by atoms with Gasteiger partial charge in [-0.15, -0.1) is 11.6 Å². The van der Waals surface area contributed by atoms with Crippen molar-refractivity contribution in [3.05, 3.63) is 18.1 Å². The van der Waals surface area contributed by atoms with Gasteiger partial charge in [0.15, 0.2) is 0 Å². The molecule has 1 aliphatic heterocycles. The molecule has 18 heavy (non-hydrogen) atoms. The summed E-state index contributed by atoms with van der Waals surface area (Å²) in [4.78, 5) is 11.2. The van der Waals surface area contributed by atoms with Crippen LogP contribution < -0.4 is 4.90 Å². The van der Waals surface area contributed by atoms with Crippen LogP contribution in [0.1, 0.15) is 51.1 Å². The van der Waals surface area contributed by atoms with Gasteiger partial charge in [0, 0.05) is 30.2 Å². The zero-order valence-electron chi connectivity index (χ0n) is 11.3. The van der Waals surface area contributed by atoms with Crippen LogP contribution >= 0.6 is 11.6 Å². The van der Waals surface area contributed by atoms with Crippen LogP contribution in [0.4, 0.5) is 5.82 Å². The monoisotopic (exact) mass is 267 g/mol. The summed E-state index contributed by atoms with van der Waals surface area (Å²) < 4.78 is 0. The highest BCUT2D eigenvalue weighted by Crippen LogP contribution is 2.27. The van der Waals surface area contributed by atoms with Gasteiger partial charge in [0.1, 0.15) is 12.1 Å². The van der Waals surface area contributed by atoms with Crippen molar-refractivity contribution in [3.8, 4) is 0 Å². The molecule has 1 aromatic rings. The predicted molar refractivity (Wildman–Crippen MR) is 76.4 cm³/mol. The molecule has 0 aromatic carbocycles. The van der Waals surface area contributed by atoms with Gasteiger partial charge in [0.25, 0.3) is 0 Å². The van der Waals surface area contributed by atoms with E-state index < -0.39 is 0 Å². The summed E-state index contributed by atoms with van der Waals surface area (Å²) in [6.45, 7) is 5.45. The Morgan fingerprint density at radius 3 is 3.00 bits per heavy atom. The number of rotatable bonds is 5. The van der Waals surface area contributed by atoms with Gasteiger partial charge in [-0.2, -0.15) is 0 Å². The second-order valence-electron chi connectivity index (χ2n) is 5.28. The lowest BCUT2D eigenvalue weighted by Crippen LogP contribution is -2.30. The second kappa shape index (κ2) is 6.37. The summed E-state index contributed by atoms with van der Waals surface area (Å²) in [5, 5.41) is 0. The lowest BCUT2D eigenvalue weighted by Gasteiger charge is -2.26. The second-order valence-corrected chi connectivity index (χ2v) is 5.65. The minimum absolute atomic E-state index is 0.454. The molecule has 0 N–H and O–H groups in total. The molecule has 2 rings (SSSR count). The minimum atomic E-state index is 0.454. The van der Waals surface area contributed by atoms with Crippen LogP contribution in [0.15, 0.2) is 12.4 Å². The van der Waals surface area contributed by atoms with Crippen LogP contribution in [-0.2, 0) is 0 Å². The highest BCUT2D eigenvalue weighted by Gasteiger charge is 2.25. The van der Waals surface area contributed by atoms with Gasteiger partial charge >= 0.3 is 0 Å². The SMILES string of the molecule is CC(C)c1cc(N2CCCC2CCCCl)ncn1. The largest absolute Gasteiger partial charge is 0.354 e. The van der Waals surface area contributed by atoms with Crippen molar-refractivity contribution >= 4 is 17.4 Å². The minimum Gasteiger partial charge on any atom is -0.354 e. The Hall–Kier alpha value is -0.830. The first-order chi connectivity index (χ1) is 8.72. The third kappa shape index (κ3) is 3.14. The summed E-state index contributed by atoms with van der Waals surface area (Å²) in [7, 11) is 0. The van der Waals surface area contributed by atoms with Gasteiger partial charge in [-0.25, -0.2) is 9.97 Å². The fourth-order valence-electron chi connectivity index (χ4n) is 2.58. The maximum atomic E-state index is 5.80. The zero-order valence-corrected chi connectivity index (χ0v) is 12.0. The van der Waals surface area contributed by atoms with Crippen LogP contribution in [0.3, 0.4) is 0 Å². The van der Waals surface area contributed by atoms with Crippen molar-refractivity contribution in [3.63, 3.8) is 0 Å². The van der Waals surface area contributed by atoms with Gasteiger partial charge in [0.05, 0.1) is 0 Å². The molecule has 100 valence electrons. The molecule has 1 aliphatic rings. The van der Waals surface area contributed by atoms with E-state index in [0.29, 0.717) is 12.0 Å². The van der Waals surface area contributed by atoms with E-state index in [2.05, 4.69) is 34.8 Å². The fraction of sp³-hybridized carbons (Fsp3) is 0.714. The van der Waals surface area contributed by atoms with Crippen molar-refractivity contribution in [2.24, 2.45) is 0 Å². The van der Waals surface area contributed by atoms with E-state index in [-0.39, 0.29) is 0 Å². The standard InChI is InChI=1S/C14H22ClN3/c1-11(2)13-9-14(17-10-16-13)18-8-4-6-12(18)5-3-7-15/h9-12H,3-8H2,1-2H3. The number of aromatic nitrogens is 2. The molecule has 1 saturated heterocycles. The molecule has 4 heteroatoms. The first kappa shape index (κ1) is 13.6. The Kier molecular flexibility index (Phi) is 4.81. The van der Waals surface area contributed by atoms with Gasteiger partial charge < -0.3 is 4.90 Å². The number of nitrogens with zero attached hydrogens (tertiary/aromatic N) is 3. The number of alkyl halides is 1. The van der Waals surface area contributed by atoms with Crippen molar-refractivity contribution in [1.82, 2.24) is 9.97 Å². The van der Waals surface area contributed by atoms with Crippen molar-refractivity contribution in [2.75, 3.05) is 17.3 Å². The molecule has 0 amide bonds. The number of anilines is 1. The Balaban J connectivity index is 2.11. The summed E-state index contributed by atoms with van der Waals surface area (Å²) >= 11 is 5.80. The van der Waals surface area contributed by atoms with E-state index in [4.69, 9.17) is 11.6 Å². The molecular weight excluding hydrogens is 246 g/mol. The molecule has 1 aromatic heterocycles. The number of hydrogen-bond donors (Lipinski definition) is 0. The lowest BCUT2D eigenvalue weighted by atomic mass is 10.1. The van der Waals surface area contributed by atoms with Crippen LogP contribution in [0, 0.1) is 0 Å². The third-order valence-corrected chi connectivity index (χ3v) is 3.87. The maximum Gasteiger partial charge on any atom is 0.132 e. The molecule has 3 nitrogen and oxygen atoms in total. The molecule has 0 aliphatic carbocycles. The van der Waals surface area contributed by atoms with Crippen LogP contribution in [0.2, 0.25) is 0 Å². The third-order valence-electron chi connectivity index (χ3n) is 3.61. The Morgan fingerprint density at radius 1 is 1.44 bits per heavy atom. The van der Waals surface area contributed by atoms with E-state index in [1.807, 2.05) is 0 Å². The molecule has 0 bridgehead atoms. The number of halogens is 1.